The molecular weight excluding hydrogens is 227 g/mol. The van der Waals surface area contributed by atoms with Crippen molar-refractivity contribution in [2.24, 2.45) is 0 Å². The third-order valence-electron chi connectivity index (χ3n) is 3.05. The van der Waals surface area contributed by atoms with E-state index in [1.807, 2.05) is 13.1 Å². The van der Waals surface area contributed by atoms with Gasteiger partial charge in [-0.05, 0) is 32.0 Å². The minimum Gasteiger partial charge on any atom is -0.313 e. The van der Waals surface area contributed by atoms with Gasteiger partial charge in [0.25, 0.3) is 0 Å². The number of nitrogens with zero attached hydrogens (tertiary/aromatic N) is 1. The maximum Gasteiger partial charge on any atom is 0.146 e. The first-order valence-electron chi connectivity index (χ1n) is 6.03. The van der Waals surface area contributed by atoms with E-state index in [0.29, 0.717) is 5.56 Å². The number of likely N-dealkylation sites (N-methyl/N-ethyl adjacent to an activating group) is 1. The number of aromatic nitrogens is 1. The molecule has 2 rings (SSSR count). The van der Waals surface area contributed by atoms with Gasteiger partial charge in [-0.25, -0.2) is 4.39 Å². The molecule has 0 saturated heterocycles. The largest absolute Gasteiger partial charge is 0.313 e. The summed E-state index contributed by atoms with van der Waals surface area (Å²) in [4.78, 5) is 3.78. The third kappa shape index (κ3) is 2.93. The van der Waals surface area contributed by atoms with Crippen molar-refractivity contribution in [2.45, 2.75) is 19.4 Å². The molecule has 3 heteroatoms. The molecule has 0 aliphatic heterocycles. The summed E-state index contributed by atoms with van der Waals surface area (Å²) in [7, 11) is 1.85. The Hall–Kier alpha value is -1.74. The van der Waals surface area contributed by atoms with Crippen LogP contribution in [0.15, 0.2) is 42.7 Å². The molecule has 1 unspecified atom stereocenters. The molecule has 2 aromatic rings. The Kier molecular flexibility index (Phi) is 4.05. The van der Waals surface area contributed by atoms with E-state index in [4.69, 9.17) is 0 Å². The highest BCUT2D eigenvalue weighted by Crippen LogP contribution is 2.20. The number of hydrogen-bond donors (Lipinski definition) is 1. The van der Waals surface area contributed by atoms with Crippen LogP contribution in [-0.4, -0.2) is 12.0 Å². The van der Waals surface area contributed by atoms with Crippen molar-refractivity contribution in [2.75, 3.05) is 7.05 Å². The maximum absolute atomic E-state index is 13.7. The predicted molar refractivity (Wildman–Crippen MR) is 70.9 cm³/mol. The lowest BCUT2D eigenvalue weighted by molar-refractivity contribution is 0.530. The molecule has 0 radical (unpaired) electrons. The minimum absolute atomic E-state index is 0.0326. The molecule has 0 amide bonds. The van der Waals surface area contributed by atoms with Gasteiger partial charge in [0.15, 0.2) is 0 Å². The first kappa shape index (κ1) is 12.7. The average Bonchev–Trinajstić information content (AvgIpc) is 2.37. The Balaban J connectivity index is 2.23. The molecule has 1 aromatic heterocycles. The van der Waals surface area contributed by atoms with Gasteiger partial charge in [0.05, 0.1) is 6.20 Å². The van der Waals surface area contributed by atoms with Crippen LogP contribution in [0, 0.1) is 12.7 Å². The molecule has 1 N–H and O–H groups in total. The highest BCUT2D eigenvalue weighted by molar-refractivity contribution is 5.26. The highest BCUT2D eigenvalue weighted by Gasteiger charge is 2.14. The van der Waals surface area contributed by atoms with E-state index in [1.165, 1.54) is 17.3 Å². The molecule has 0 saturated carbocycles. The highest BCUT2D eigenvalue weighted by atomic mass is 19.1. The van der Waals surface area contributed by atoms with Crippen molar-refractivity contribution >= 4 is 0 Å². The van der Waals surface area contributed by atoms with E-state index in [9.17, 15) is 4.39 Å². The standard InChI is InChI=1S/C15H17FN2/c1-11-4-3-5-12(8-11)9-15(17-2)13-6-7-18-10-14(13)16/h3-8,10,15,17H,9H2,1-2H3. The summed E-state index contributed by atoms with van der Waals surface area (Å²) in [6.45, 7) is 2.06. The normalized spacial score (nSPS) is 12.4. The van der Waals surface area contributed by atoms with Crippen LogP contribution in [0.4, 0.5) is 4.39 Å². The number of rotatable bonds is 4. The van der Waals surface area contributed by atoms with Crippen LogP contribution in [0.1, 0.15) is 22.7 Å². The van der Waals surface area contributed by atoms with Gasteiger partial charge in [0.1, 0.15) is 5.82 Å². The molecule has 0 aliphatic rings. The van der Waals surface area contributed by atoms with Crippen LogP contribution < -0.4 is 5.32 Å². The summed E-state index contributed by atoms with van der Waals surface area (Å²) < 4.78 is 13.7. The van der Waals surface area contributed by atoms with Crippen LogP contribution in [0.5, 0.6) is 0 Å². The summed E-state index contributed by atoms with van der Waals surface area (Å²) in [6.07, 6.45) is 3.65. The maximum atomic E-state index is 13.7. The SMILES string of the molecule is CNC(Cc1cccc(C)c1)c1ccncc1F. The molecule has 0 bridgehead atoms. The first-order valence-corrected chi connectivity index (χ1v) is 6.03. The Bertz CT molecular complexity index is 525. The molecule has 1 heterocycles. The fourth-order valence-electron chi connectivity index (χ4n) is 2.11. The molecule has 94 valence electrons. The number of nitrogens with one attached hydrogen (secondary N) is 1. The lowest BCUT2D eigenvalue weighted by atomic mass is 9.98. The van der Waals surface area contributed by atoms with Gasteiger partial charge >= 0.3 is 0 Å². The molecule has 1 atom stereocenters. The summed E-state index contributed by atoms with van der Waals surface area (Å²) in [6, 6.07) is 9.98. The zero-order valence-electron chi connectivity index (χ0n) is 10.7. The number of aryl methyl sites for hydroxylation is 1. The third-order valence-corrected chi connectivity index (χ3v) is 3.05. The van der Waals surface area contributed by atoms with Crippen molar-refractivity contribution in [3.05, 3.63) is 65.2 Å². The van der Waals surface area contributed by atoms with Crippen LogP contribution in [0.25, 0.3) is 0 Å². The lowest BCUT2D eigenvalue weighted by Crippen LogP contribution is -2.20. The molecule has 0 fully saturated rings. The summed E-state index contributed by atoms with van der Waals surface area (Å²) in [5.41, 5.74) is 3.08. The van der Waals surface area contributed by atoms with Crippen LogP contribution >= 0.6 is 0 Å². The predicted octanol–water partition coefficient (Wildman–Crippen LogP) is 3.03. The molecule has 0 aliphatic carbocycles. The van der Waals surface area contributed by atoms with Crippen molar-refractivity contribution in [1.82, 2.24) is 10.3 Å². The summed E-state index contributed by atoms with van der Waals surface area (Å²) in [5.74, 6) is -0.260. The molecule has 0 spiro atoms. The van der Waals surface area contributed by atoms with Gasteiger partial charge in [0.2, 0.25) is 0 Å². The van der Waals surface area contributed by atoms with Crippen molar-refractivity contribution in [3.63, 3.8) is 0 Å². The first-order chi connectivity index (χ1) is 8.70. The van der Waals surface area contributed by atoms with Crippen LogP contribution in [0.3, 0.4) is 0 Å². The van der Waals surface area contributed by atoms with E-state index in [-0.39, 0.29) is 11.9 Å². The van der Waals surface area contributed by atoms with Crippen molar-refractivity contribution < 1.29 is 4.39 Å². The molecule has 1 aromatic carbocycles. The Morgan fingerprint density at radius 2 is 2.17 bits per heavy atom. The van der Waals surface area contributed by atoms with Gasteiger partial charge in [-0.3, -0.25) is 4.98 Å². The van der Waals surface area contributed by atoms with E-state index < -0.39 is 0 Å². The molecular formula is C15H17FN2. The second-order valence-corrected chi connectivity index (χ2v) is 4.43. The van der Waals surface area contributed by atoms with Gasteiger partial charge in [0, 0.05) is 17.8 Å². The summed E-state index contributed by atoms with van der Waals surface area (Å²) in [5, 5.41) is 3.16. The number of hydrogen-bond acceptors (Lipinski definition) is 2. The van der Waals surface area contributed by atoms with E-state index in [0.717, 1.165) is 6.42 Å². The Morgan fingerprint density at radius 1 is 1.33 bits per heavy atom. The Morgan fingerprint density at radius 3 is 2.83 bits per heavy atom. The van der Waals surface area contributed by atoms with Gasteiger partial charge in [-0.15, -0.1) is 0 Å². The van der Waals surface area contributed by atoms with Crippen LogP contribution in [-0.2, 0) is 6.42 Å². The van der Waals surface area contributed by atoms with E-state index in [1.54, 1.807) is 12.3 Å². The fraction of sp³-hybridized carbons (Fsp3) is 0.267. The number of pyridine rings is 1. The van der Waals surface area contributed by atoms with Crippen molar-refractivity contribution in [1.29, 1.82) is 0 Å². The molecule has 18 heavy (non-hydrogen) atoms. The number of benzene rings is 1. The van der Waals surface area contributed by atoms with E-state index >= 15 is 0 Å². The second-order valence-electron chi connectivity index (χ2n) is 4.43. The fourth-order valence-corrected chi connectivity index (χ4v) is 2.11. The zero-order valence-corrected chi connectivity index (χ0v) is 10.7. The smallest absolute Gasteiger partial charge is 0.146 e. The number of halogens is 1. The van der Waals surface area contributed by atoms with E-state index in [2.05, 4.69) is 35.4 Å². The quantitative estimate of drug-likeness (QED) is 0.894. The van der Waals surface area contributed by atoms with Gasteiger partial charge in [-0.1, -0.05) is 29.8 Å². The van der Waals surface area contributed by atoms with Crippen LogP contribution in [0.2, 0.25) is 0 Å². The Labute approximate surface area is 107 Å². The van der Waals surface area contributed by atoms with Crippen molar-refractivity contribution in [3.8, 4) is 0 Å². The second kappa shape index (κ2) is 5.74. The summed E-state index contributed by atoms with van der Waals surface area (Å²) >= 11 is 0. The average molecular weight is 244 g/mol. The minimum atomic E-state index is -0.260. The molecule has 2 nitrogen and oxygen atoms in total. The zero-order chi connectivity index (χ0) is 13.0. The lowest BCUT2D eigenvalue weighted by Gasteiger charge is -2.17. The van der Waals surface area contributed by atoms with Gasteiger partial charge in [-0.2, -0.15) is 0 Å². The van der Waals surface area contributed by atoms with Gasteiger partial charge < -0.3 is 5.32 Å². The topological polar surface area (TPSA) is 24.9 Å². The monoisotopic (exact) mass is 244 g/mol.